The molecule has 0 bridgehead atoms. The van der Waals surface area contributed by atoms with E-state index < -0.39 is 11.6 Å². The minimum Gasteiger partial charge on any atom is -0.447 e. The number of carbonyl (C=O) groups excluding carboxylic acids is 1. The normalized spacial score (nSPS) is 15.2. The molecule has 4 nitrogen and oxygen atoms in total. The summed E-state index contributed by atoms with van der Waals surface area (Å²) in [6, 6.07) is 0. The molecule has 0 spiro atoms. The first-order valence-electron chi connectivity index (χ1n) is 4.53. The van der Waals surface area contributed by atoms with Crippen LogP contribution in [0.3, 0.4) is 0 Å². The van der Waals surface area contributed by atoms with Crippen molar-refractivity contribution in [3.8, 4) is 0 Å². The van der Waals surface area contributed by atoms with Gasteiger partial charge in [-0.05, 0) is 27.2 Å². The second-order valence-electron chi connectivity index (χ2n) is 3.65. The lowest BCUT2D eigenvalue weighted by molar-refractivity contribution is 0.0927. The van der Waals surface area contributed by atoms with Crippen LogP contribution in [-0.2, 0) is 4.74 Å². The van der Waals surface area contributed by atoms with Crippen LogP contribution in [0.25, 0.3) is 0 Å². The minimum atomic E-state index is -0.577. The summed E-state index contributed by atoms with van der Waals surface area (Å²) in [6.07, 6.45) is 0.0460. The van der Waals surface area contributed by atoms with Crippen molar-refractivity contribution in [3.63, 3.8) is 0 Å². The monoisotopic (exact) mass is 189 g/mol. The number of nitrogens with one attached hydrogen (secondary N) is 1. The molecule has 0 aromatic carbocycles. The first kappa shape index (κ1) is 12.2. The summed E-state index contributed by atoms with van der Waals surface area (Å²) in [5.74, 6) is 0. The molecule has 0 radical (unpaired) electrons. The van der Waals surface area contributed by atoms with Crippen molar-refractivity contribution in [2.24, 2.45) is 0 Å². The number of aliphatic hydroxyl groups excluding tert-OH is 1. The van der Waals surface area contributed by atoms with Gasteiger partial charge in [0.05, 0.1) is 18.2 Å². The Labute approximate surface area is 79.3 Å². The number of aliphatic hydroxyl groups is 1. The van der Waals surface area contributed by atoms with Gasteiger partial charge in [-0.1, -0.05) is 6.92 Å². The largest absolute Gasteiger partial charge is 0.447 e. The Morgan fingerprint density at radius 3 is 2.46 bits per heavy atom. The SMILES string of the molecule is CCC(C)(CO)NC(=O)OC(C)C. The first-order valence-corrected chi connectivity index (χ1v) is 4.53. The summed E-state index contributed by atoms with van der Waals surface area (Å²) in [4.78, 5) is 11.1. The van der Waals surface area contributed by atoms with Crippen molar-refractivity contribution in [1.29, 1.82) is 0 Å². The lowest BCUT2D eigenvalue weighted by Gasteiger charge is -2.27. The number of ether oxygens (including phenoxy) is 1. The summed E-state index contributed by atoms with van der Waals surface area (Å²) in [6.45, 7) is 7.14. The molecule has 78 valence electrons. The molecule has 1 unspecified atom stereocenters. The van der Waals surface area contributed by atoms with Crippen LogP contribution in [0.5, 0.6) is 0 Å². The number of amides is 1. The molecule has 1 amide bonds. The van der Waals surface area contributed by atoms with Crippen LogP contribution in [0, 0.1) is 0 Å². The second-order valence-corrected chi connectivity index (χ2v) is 3.65. The molecule has 0 saturated carbocycles. The zero-order chi connectivity index (χ0) is 10.5. The van der Waals surface area contributed by atoms with Crippen LogP contribution in [-0.4, -0.2) is 29.4 Å². The van der Waals surface area contributed by atoms with Gasteiger partial charge in [-0.3, -0.25) is 0 Å². The minimum absolute atomic E-state index is 0.0866. The Balaban J connectivity index is 4.02. The highest BCUT2D eigenvalue weighted by molar-refractivity contribution is 5.68. The first-order chi connectivity index (χ1) is 5.93. The lowest BCUT2D eigenvalue weighted by Crippen LogP contribution is -2.49. The highest BCUT2D eigenvalue weighted by Gasteiger charge is 2.24. The van der Waals surface area contributed by atoms with Gasteiger partial charge in [0, 0.05) is 0 Å². The van der Waals surface area contributed by atoms with Gasteiger partial charge in [0.25, 0.3) is 0 Å². The van der Waals surface area contributed by atoms with Gasteiger partial charge in [-0.2, -0.15) is 0 Å². The average molecular weight is 189 g/mol. The quantitative estimate of drug-likeness (QED) is 0.700. The summed E-state index contributed by atoms with van der Waals surface area (Å²) in [5.41, 5.74) is -0.577. The van der Waals surface area contributed by atoms with Crippen LogP contribution in [0.4, 0.5) is 4.79 Å². The molecular formula is C9H19NO3. The standard InChI is InChI=1S/C9H19NO3/c1-5-9(4,6-11)10-8(12)13-7(2)3/h7,11H,5-6H2,1-4H3,(H,10,12). The third-order valence-corrected chi connectivity index (χ3v) is 1.88. The zero-order valence-electron chi connectivity index (χ0n) is 8.76. The van der Waals surface area contributed by atoms with Gasteiger partial charge in [0.15, 0.2) is 0 Å². The van der Waals surface area contributed by atoms with E-state index in [1.165, 1.54) is 0 Å². The highest BCUT2D eigenvalue weighted by Crippen LogP contribution is 2.07. The predicted octanol–water partition coefficient (Wildman–Crippen LogP) is 1.28. The Hall–Kier alpha value is -0.770. The van der Waals surface area contributed by atoms with Crippen LogP contribution in [0.1, 0.15) is 34.1 Å². The molecule has 0 aromatic heterocycles. The molecule has 0 aliphatic carbocycles. The zero-order valence-corrected chi connectivity index (χ0v) is 8.76. The summed E-state index contributed by atoms with van der Waals surface area (Å²) < 4.78 is 4.89. The molecule has 13 heavy (non-hydrogen) atoms. The summed E-state index contributed by atoms with van der Waals surface area (Å²) in [5, 5.41) is 11.6. The average Bonchev–Trinajstić information content (AvgIpc) is 2.02. The maximum Gasteiger partial charge on any atom is 0.407 e. The fraction of sp³-hybridized carbons (Fsp3) is 0.889. The third kappa shape index (κ3) is 4.72. The molecule has 0 aliphatic rings. The molecule has 0 aromatic rings. The number of rotatable bonds is 4. The van der Waals surface area contributed by atoms with Crippen molar-refractivity contribution < 1.29 is 14.6 Å². The predicted molar refractivity (Wildman–Crippen MR) is 50.5 cm³/mol. The highest BCUT2D eigenvalue weighted by atomic mass is 16.6. The van der Waals surface area contributed by atoms with Crippen molar-refractivity contribution in [1.82, 2.24) is 5.32 Å². The summed E-state index contributed by atoms with van der Waals surface area (Å²) >= 11 is 0. The number of hydrogen-bond acceptors (Lipinski definition) is 3. The Bertz CT molecular complexity index is 164. The van der Waals surface area contributed by atoms with E-state index in [1.807, 2.05) is 6.92 Å². The van der Waals surface area contributed by atoms with E-state index in [9.17, 15) is 4.79 Å². The molecule has 2 N–H and O–H groups in total. The summed E-state index contributed by atoms with van der Waals surface area (Å²) in [7, 11) is 0. The van der Waals surface area contributed by atoms with Crippen molar-refractivity contribution in [3.05, 3.63) is 0 Å². The number of alkyl carbamates (subject to hydrolysis) is 1. The van der Waals surface area contributed by atoms with Crippen molar-refractivity contribution in [2.45, 2.75) is 45.8 Å². The molecule has 0 saturated heterocycles. The van der Waals surface area contributed by atoms with E-state index in [1.54, 1.807) is 20.8 Å². The van der Waals surface area contributed by atoms with E-state index in [-0.39, 0.29) is 12.7 Å². The van der Waals surface area contributed by atoms with E-state index in [0.29, 0.717) is 6.42 Å². The van der Waals surface area contributed by atoms with Gasteiger partial charge in [-0.25, -0.2) is 4.79 Å². The molecule has 0 heterocycles. The molecule has 0 fully saturated rings. The number of carbonyl (C=O) groups is 1. The Kier molecular flexibility index (Phi) is 4.77. The van der Waals surface area contributed by atoms with Crippen LogP contribution in [0.15, 0.2) is 0 Å². The lowest BCUT2D eigenvalue weighted by atomic mass is 10.0. The fourth-order valence-electron chi connectivity index (χ4n) is 0.730. The van der Waals surface area contributed by atoms with Crippen LogP contribution < -0.4 is 5.32 Å². The molecular weight excluding hydrogens is 170 g/mol. The van der Waals surface area contributed by atoms with E-state index >= 15 is 0 Å². The van der Waals surface area contributed by atoms with Crippen molar-refractivity contribution in [2.75, 3.05) is 6.61 Å². The van der Waals surface area contributed by atoms with Gasteiger partial charge < -0.3 is 15.2 Å². The van der Waals surface area contributed by atoms with Crippen LogP contribution >= 0.6 is 0 Å². The second kappa shape index (κ2) is 5.07. The van der Waals surface area contributed by atoms with E-state index in [0.717, 1.165) is 0 Å². The molecule has 0 rings (SSSR count). The molecule has 4 heteroatoms. The Morgan fingerprint density at radius 2 is 2.15 bits per heavy atom. The van der Waals surface area contributed by atoms with Gasteiger partial charge in [0.2, 0.25) is 0 Å². The maximum absolute atomic E-state index is 11.1. The smallest absolute Gasteiger partial charge is 0.407 e. The van der Waals surface area contributed by atoms with Gasteiger partial charge in [-0.15, -0.1) is 0 Å². The van der Waals surface area contributed by atoms with E-state index in [2.05, 4.69) is 5.32 Å². The fourth-order valence-corrected chi connectivity index (χ4v) is 0.730. The van der Waals surface area contributed by atoms with Crippen LogP contribution in [0.2, 0.25) is 0 Å². The van der Waals surface area contributed by atoms with E-state index in [4.69, 9.17) is 9.84 Å². The number of hydrogen-bond donors (Lipinski definition) is 2. The third-order valence-electron chi connectivity index (χ3n) is 1.88. The molecule has 0 aliphatic heterocycles. The van der Waals surface area contributed by atoms with Gasteiger partial charge in [0.1, 0.15) is 0 Å². The molecule has 1 atom stereocenters. The van der Waals surface area contributed by atoms with Gasteiger partial charge >= 0.3 is 6.09 Å². The topological polar surface area (TPSA) is 58.6 Å². The maximum atomic E-state index is 11.1. The Morgan fingerprint density at radius 1 is 1.62 bits per heavy atom. The van der Waals surface area contributed by atoms with Crippen molar-refractivity contribution >= 4 is 6.09 Å².